The third-order valence-corrected chi connectivity index (χ3v) is 3.94. The Balaban J connectivity index is 2.55. The number of aromatic amines is 1. The molecule has 0 aliphatic carbocycles. The van der Waals surface area contributed by atoms with E-state index >= 15 is 0 Å². The average Bonchev–Trinajstić information content (AvgIpc) is 2.83. The van der Waals surface area contributed by atoms with Crippen LogP contribution in [0.25, 0.3) is 0 Å². The van der Waals surface area contributed by atoms with Crippen LogP contribution in [0.3, 0.4) is 0 Å². The zero-order valence-corrected chi connectivity index (χ0v) is 11.0. The molecule has 0 saturated carbocycles. The number of nitrogens with zero attached hydrogens (tertiary/aromatic N) is 2. The lowest BCUT2D eigenvalue weighted by Crippen LogP contribution is -2.39. The fourth-order valence-electron chi connectivity index (χ4n) is 1.20. The van der Waals surface area contributed by atoms with Crippen molar-refractivity contribution in [3.05, 3.63) is 12.4 Å². The largest absolute Gasteiger partial charge is 0.383 e. The van der Waals surface area contributed by atoms with Crippen LogP contribution in [0.1, 0.15) is 0 Å². The first kappa shape index (κ1) is 14.6. The standard InChI is InChI=1S/C9H16N4O4S/c1-13(7-9(14)10-3-4-17-2)18(15,16)8-5-11-12-6-8/h5-6H,3-4,7H2,1-2H3,(H,10,14)(H,11,12). The highest BCUT2D eigenvalue weighted by Crippen LogP contribution is 2.10. The summed E-state index contributed by atoms with van der Waals surface area (Å²) in [5, 5.41) is 8.51. The Morgan fingerprint density at radius 3 is 2.89 bits per heavy atom. The number of hydrogen-bond acceptors (Lipinski definition) is 5. The third-order valence-electron chi connectivity index (χ3n) is 2.18. The Kier molecular flexibility index (Phi) is 5.25. The molecule has 0 atom stereocenters. The fourth-order valence-corrected chi connectivity index (χ4v) is 2.23. The Morgan fingerprint density at radius 2 is 2.33 bits per heavy atom. The maximum absolute atomic E-state index is 11.9. The molecule has 0 bridgehead atoms. The van der Waals surface area contributed by atoms with Gasteiger partial charge in [0.15, 0.2) is 0 Å². The minimum atomic E-state index is -3.67. The molecule has 2 N–H and O–H groups in total. The predicted octanol–water partition coefficient (Wildman–Crippen LogP) is -1.21. The maximum Gasteiger partial charge on any atom is 0.246 e. The molecule has 0 spiro atoms. The van der Waals surface area contributed by atoms with Gasteiger partial charge in [0.25, 0.3) is 0 Å². The molecular formula is C9H16N4O4S. The van der Waals surface area contributed by atoms with Crippen LogP contribution in [0.5, 0.6) is 0 Å². The first-order valence-corrected chi connectivity index (χ1v) is 6.63. The van der Waals surface area contributed by atoms with E-state index in [-0.39, 0.29) is 17.3 Å². The van der Waals surface area contributed by atoms with Crippen LogP contribution in [-0.4, -0.2) is 62.7 Å². The summed E-state index contributed by atoms with van der Waals surface area (Å²) in [4.78, 5) is 11.5. The number of H-pyrrole nitrogens is 1. The number of carbonyl (C=O) groups excluding carboxylic acids is 1. The van der Waals surface area contributed by atoms with Crippen molar-refractivity contribution in [3.63, 3.8) is 0 Å². The molecule has 0 unspecified atom stereocenters. The lowest BCUT2D eigenvalue weighted by molar-refractivity contribution is -0.121. The summed E-state index contributed by atoms with van der Waals surface area (Å²) in [5.74, 6) is -0.387. The number of sulfonamides is 1. The van der Waals surface area contributed by atoms with Crippen LogP contribution in [-0.2, 0) is 19.6 Å². The molecule has 1 heterocycles. The van der Waals surface area contributed by atoms with E-state index in [0.717, 1.165) is 4.31 Å². The van der Waals surface area contributed by atoms with Gasteiger partial charge in [0.2, 0.25) is 15.9 Å². The summed E-state index contributed by atoms with van der Waals surface area (Å²) >= 11 is 0. The van der Waals surface area contributed by atoms with Crippen molar-refractivity contribution in [2.75, 3.05) is 33.9 Å². The van der Waals surface area contributed by atoms with Gasteiger partial charge in [-0.05, 0) is 0 Å². The minimum Gasteiger partial charge on any atom is -0.383 e. The molecule has 0 fully saturated rings. The Hall–Kier alpha value is -1.45. The van der Waals surface area contributed by atoms with Gasteiger partial charge in [0.1, 0.15) is 4.90 Å². The molecule has 0 aliphatic rings. The average molecular weight is 276 g/mol. The van der Waals surface area contributed by atoms with Crippen LogP contribution in [0.2, 0.25) is 0 Å². The molecular weight excluding hydrogens is 260 g/mol. The number of ether oxygens (including phenoxy) is 1. The first-order chi connectivity index (χ1) is 8.48. The molecule has 1 amide bonds. The first-order valence-electron chi connectivity index (χ1n) is 5.19. The van der Waals surface area contributed by atoms with Gasteiger partial charge in [0, 0.05) is 26.9 Å². The van der Waals surface area contributed by atoms with Gasteiger partial charge in [0.05, 0.1) is 19.3 Å². The molecule has 0 aliphatic heterocycles. The zero-order valence-electron chi connectivity index (χ0n) is 10.2. The molecule has 9 heteroatoms. The fraction of sp³-hybridized carbons (Fsp3) is 0.556. The number of rotatable bonds is 7. The smallest absolute Gasteiger partial charge is 0.246 e. The molecule has 102 valence electrons. The van der Waals surface area contributed by atoms with Gasteiger partial charge in [-0.2, -0.15) is 9.40 Å². The molecule has 1 aromatic heterocycles. The highest BCUT2D eigenvalue weighted by atomic mass is 32.2. The number of methoxy groups -OCH3 is 1. The van der Waals surface area contributed by atoms with Crippen molar-refractivity contribution in [2.24, 2.45) is 0 Å². The van der Waals surface area contributed by atoms with Crippen molar-refractivity contribution >= 4 is 15.9 Å². The van der Waals surface area contributed by atoms with E-state index in [1.165, 1.54) is 26.6 Å². The summed E-state index contributed by atoms with van der Waals surface area (Å²) in [6.07, 6.45) is 2.45. The van der Waals surface area contributed by atoms with Crippen LogP contribution in [0.15, 0.2) is 17.3 Å². The van der Waals surface area contributed by atoms with Gasteiger partial charge >= 0.3 is 0 Å². The Labute approximate surface area is 105 Å². The van der Waals surface area contributed by atoms with Gasteiger partial charge in [-0.3, -0.25) is 9.89 Å². The lowest BCUT2D eigenvalue weighted by Gasteiger charge is -2.15. The van der Waals surface area contributed by atoms with E-state index in [1.807, 2.05) is 0 Å². The number of amides is 1. The monoisotopic (exact) mass is 276 g/mol. The second kappa shape index (κ2) is 6.47. The quantitative estimate of drug-likeness (QED) is 0.608. The molecule has 0 radical (unpaired) electrons. The third kappa shape index (κ3) is 3.79. The summed E-state index contributed by atoms with van der Waals surface area (Å²) < 4.78 is 29.6. The predicted molar refractivity (Wildman–Crippen MR) is 63.3 cm³/mol. The van der Waals surface area contributed by atoms with E-state index in [2.05, 4.69) is 15.5 Å². The number of nitrogens with one attached hydrogen (secondary N) is 2. The van der Waals surface area contributed by atoms with E-state index in [4.69, 9.17) is 4.74 Å². The number of carbonyl (C=O) groups is 1. The Bertz CT molecular complexity index is 471. The van der Waals surface area contributed by atoms with E-state index in [1.54, 1.807) is 0 Å². The van der Waals surface area contributed by atoms with E-state index < -0.39 is 10.0 Å². The van der Waals surface area contributed by atoms with Gasteiger partial charge in [-0.25, -0.2) is 8.42 Å². The molecule has 1 aromatic rings. The molecule has 0 saturated heterocycles. The SMILES string of the molecule is COCCNC(=O)CN(C)S(=O)(=O)c1cn[nH]c1. The number of aromatic nitrogens is 2. The van der Waals surface area contributed by atoms with Crippen LogP contribution in [0, 0.1) is 0 Å². The lowest BCUT2D eigenvalue weighted by atomic mass is 10.5. The van der Waals surface area contributed by atoms with Crippen molar-refractivity contribution in [1.82, 2.24) is 19.8 Å². The minimum absolute atomic E-state index is 0.0229. The van der Waals surface area contributed by atoms with Crippen LogP contribution < -0.4 is 5.32 Å². The summed E-state index contributed by atoms with van der Waals surface area (Å²) in [5.41, 5.74) is 0. The second-order valence-electron chi connectivity index (χ2n) is 3.54. The molecule has 18 heavy (non-hydrogen) atoms. The van der Waals surface area contributed by atoms with E-state index in [9.17, 15) is 13.2 Å². The maximum atomic E-state index is 11.9. The topological polar surface area (TPSA) is 104 Å². The Morgan fingerprint density at radius 1 is 1.61 bits per heavy atom. The van der Waals surface area contributed by atoms with Crippen molar-refractivity contribution in [3.8, 4) is 0 Å². The summed E-state index contributed by atoms with van der Waals surface area (Å²) in [6, 6.07) is 0. The van der Waals surface area contributed by atoms with Gasteiger partial charge < -0.3 is 10.1 Å². The van der Waals surface area contributed by atoms with Crippen molar-refractivity contribution in [2.45, 2.75) is 4.90 Å². The van der Waals surface area contributed by atoms with Crippen LogP contribution in [0.4, 0.5) is 0 Å². The number of hydrogen-bond donors (Lipinski definition) is 2. The molecule has 1 rings (SSSR count). The summed E-state index contributed by atoms with van der Waals surface area (Å²) in [7, 11) is -0.827. The summed E-state index contributed by atoms with van der Waals surface area (Å²) in [6.45, 7) is 0.468. The van der Waals surface area contributed by atoms with Crippen molar-refractivity contribution < 1.29 is 17.9 Å². The van der Waals surface area contributed by atoms with Gasteiger partial charge in [-0.1, -0.05) is 0 Å². The van der Waals surface area contributed by atoms with Crippen LogP contribution >= 0.6 is 0 Å². The highest BCUT2D eigenvalue weighted by molar-refractivity contribution is 7.89. The normalized spacial score (nSPS) is 11.7. The second-order valence-corrected chi connectivity index (χ2v) is 5.58. The van der Waals surface area contributed by atoms with Gasteiger partial charge in [-0.15, -0.1) is 0 Å². The van der Waals surface area contributed by atoms with Crippen molar-refractivity contribution in [1.29, 1.82) is 0 Å². The van der Waals surface area contributed by atoms with E-state index in [0.29, 0.717) is 13.2 Å². The zero-order chi connectivity index (χ0) is 13.6. The number of likely N-dealkylation sites (N-methyl/N-ethyl adjacent to an activating group) is 1. The highest BCUT2D eigenvalue weighted by Gasteiger charge is 2.23. The molecule has 0 aromatic carbocycles. The molecule has 8 nitrogen and oxygen atoms in total.